The number of hydrogen-bond donors (Lipinski definition) is 1. The van der Waals surface area contributed by atoms with Crippen molar-refractivity contribution < 1.29 is 18.8 Å². The van der Waals surface area contributed by atoms with Gasteiger partial charge in [-0.2, -0.15) is 10.1 Å². The maximum Gasteiger partial charge on any atom is 0.323 e. The summed E-state index contributed by atoms with van der Waals surface area (Å²) in [6, 6.07) is 1.73. The third-order valence-corrected chi connectivity index (χ3v) is 4.34. The fraction of sp³-hybridized carbons (Fsp3) is 0.647. The van der Waals surface area contributed by atoms with Gasteiger partial charge in [0.05, 0.1) is 24.8 Å². The van der Waals surface area contributed by atoms with Crippen molar-refractivity contribution in [3.63, 3.8) is 0 Å². The van der Waals surface area contributed by atoms with Crippen LogP contribution in [0.3, 0.4) is 0 Å². The highest BCUT2D eigenvalue weighted by Crippen LogP contribution is 2.18. The SMILES string of the molecule is COCc1noc(CC2CN(C(=O)Nc3cc(C(C)C)nn3C)CCO2)n1. The van der Waals surface area contributed by atoms with Gasteiger partial charge >= 0.3 is 6.03 Å². The first kappa shape index (κ1) is 19.3. The number of amides is 2. The van der Waals surface area contributed by atoms with Crippen LogP contribution in [0.15, 0.2) is 10.6 Å². The maximum atomic E-state index is 12.6. The Morgan fingerprint density at radius 3 is 3.00 bits per heavy atom. The van der Waals surface area contributed by atoms with Crippen LogP contribution in [0.4, 0.5) is 10.6 Å². The van der Waals surface area contributed by atoms with Gasteiger partial charge in [0, 0.05) is 33.3 Å². The van der Waals surface area contributed by atoms with Crippen LogP contribution in [0.5, 0.6) is 0 Å². The number of methoxy groups -OCH3 is 1. The second-order valence-electron chi connectivity index (χ2n) is 6.84. The molecular formula is C17H26N6O4. The lowest BCUT2D eigenvalue weighted by atomic mass is 10.1. The van der Waals surface area contributed by atoms with Crippen molar-refractivity contribution in [3.05, 3.63) is 23.5 Å². The minimum Gasteiger partial charge on any atom is -0.377 e. The van der Waals surface area contributed by atoms with E-state index in [4.69, 9.17) is 14.0 Å². The Morgan fingerprint density at radius 1 is 1.48 bits per heavy atom. The van der Waals surface area contributed by atoms with E-state index < -0.39 is 0 Å². The highest BCUT2D eigenvalue weighted by atomic mass is 16.5. The molecule has 0 radical (unpaired) electrons. The van der Waals surface area contributed by atoms with Crippen LogP contribution in [0, 0.1) is 0 Å². The molecule has 1 aliphatic rings. The van der Waals surface area contributed by atoms with Crippen LogP contribution < -0.4 is 5.32 Å². The van der Waals surface area contributed by atoms with Gasteiger partial charge in [-0.25, -0.2) is 4.79 Å². The first-order valence-electron chi connectivity index (χ1n) is 8.98. The molecule has 1 atom stereocenters. The summed E-state index contributed by atoms with van der Waals surface area (Å²) in [4.78, 5) is 18.6. The number of aromatic nitrogens is 4. The highest BCUT2D eigenvalue weighted by molar-refractivity contribution is 5.88. The molecule has 1 unspecified atom stereocenters. The summed E-state index contributed by atoms with van der Waals surface area (Å²) in [5.41, 5.74) is 0.941. The van der Waals surface area contributed by atoms with Gasteiger partial charge in [-0.15, -0.1) is 0 Å². The van der Waals surface area contributed by atoms with Crippen LogP contribution in [-0.4, -0.2) is 63.8 Å². The van der Waals surface area contributed by atoms with Gasteiger partial charge in [-0.3, -0.25) is 10.00 Å². The molecule has 1 aliphatic heterocycles. The standard InChI is InChI=1S/C17H26N6O4/c1-11(2)13-8-15(22(3)20-13)19-17(24)23-5-6-26-12(9-23)7-16-18-14(10-25-4)21-27-16/h8,11-12H,5-7,9-10H2,1-4H3,(H,19,24). The summed E-state index contributed by atoms with van der Waals surface area (Å²) in [7, 11) is 3.39. The molecule has 10 heteroatoms. The first-order valence-corrected chi connectivity index (χ1v) is 8.98. The largest absolute Gasteiger partial charge is 0.377 e. The highest BCUT2D eigenvalue weighted by Gasteiger charge is 2.27. The van der Waals surface area contributed by atoms with Crippen molar-refractivity contribution in [2.24, 2.45) is 7.05 Å². The van der Waals surface area contributed by atoms with E-state index in [0.717, 1.165) is 5.69 Å². The first-order chi connectivity index (χ1) is 13.0. The lowest BCUT2D eigenvalue weighted by molar-refractivity contribution is -0.0148. The number of anilines is 1. The van der Waals surface area contributed by atoms with E-state index in [1.807, 2.05) is 13.1 Å². The molecule has 0 saturated carbocycles. The van der Waals surface area contributed by atoms with Crippen molar-refractivity contribution in [2.45, 2.75) is 38.9 Å². The minimum absolute atomic E-state index is 0.174. The second kappa shape index (κ2) is 8.49. The molecule has 2 amide bonds. The third kappa shape index (κ3) is 4.83. The number of nitrogens with one attached hydrogen (secondary N) is 1. The molecule has 1 N–H and O–H groups in total. The van der Waals surface area contributed by atoms with Gasteiger partial charge in [0.1, 0.15) is 12.4 Å². The predicted molar refractivity (Wildman–Crippen MR) is 96.3 cm³/mol. The van der Waals surface area contributed by atoms with E-state index >= 15 is 0 Å². The maximum absolute atomic E-state index is 12.6. The van der Waals surface area contributed by atoms with Gasteiger partial charge in [0.2, 0.25) is 5.89 Å². The zero-order valence-corrected chi connectivity index (χ0v) is 16.1. The molecule has 10 nitrogen and oxygen atoms in total. The zero-order chi connectivity index (χ0) is 19.4. The molecule has 2 aromatic rings. The average Bonchev–Trinajstić information content (AvgIpc) is 3.22. The van der Waals surface area contributed by atoms with Crippen LogP contribution in [-0.2, 0) is 29.5 Å². The van der Waals surface area contributed by atoms with Crippen molar-refractivity contribution in [1.82, 2.24) is 24.8 Å². The molecule has 27 heavy (non-hydrogen) atoms. The van der Waals surface area contributed by atoms with Crippen molar-refractivity contribution >= 4 is 11.8 Å². The summed E-state index contributed by atoms with van der Waals surface area (Å²) in [5, 5.41) is 11.2. The van der Waals surface area contributed by atoms with E-state index in [1.54, 1.807) is 16.7 Å². The lowest BCUT2D eigenvalue weighted by Gasteiger charge is -2.32. The van der Waals surface area contributed by atoms with Crippen LogP contribution in [0.1, 0.15) is 37.2 Å². The Balaban J connectivity index is 1.57. The molecule has 0 spiro atoms. The summed E-state index contributed by atoms with van der Waals surface area (Å²) < 4.78 is 17.6. The molecule has 1 fully saturated rings. The number of nitrogens with zero attached hydrogens (tertiary/aromatic N) is 5. The number of carbonyl (C=O) groups is 1. The third-order valence-electron chi connectivity index (χ3n) is 4.34. The number of rotatable bonds is 6. The quantitative estimate of drug-likeness (QED) is 0.812. The molecule has 0 aliphatic carbocycles. The Hall–Kier alpha value is -2.46. The average molecular weight is 378 g/mol. The molecule has 148 valence electrons. The van der Waals surface area contributed by atoms with Crippen molar-refractivity contribution in [1.29, 1.82) is 0 Å². The minimum atomic E-state index is -0.196. The number of aryl methyl sites for hydroxylation is 1. The van der Waals surface area contributed by atoms with Crippen LogP contribution in [0.25, 0.3) is 0 Å². The molecule has 2 aromatic heterocycles. The summed E-state index contributed by atoms with van der Waals surface area (Å²) in [6.07, 6.45) is 0.252. The normalized spacial score (nSPS) is 17.5. The van der Waals surface area contributed by atoms with Gasteiger partial charge in [0.25, 0.3) is 0 Å². The zero-order valence-electron chi connectivity index (χ0n) is 16.1. The molecule has 0 bridgehead atoms. The molecule has 3 rings (SSSR count). The Kier molecular flexibility index (Phi) is 6.07. The monoisotopic (exact) mass is 378 g/mol. The Bertz CT molecular complexity index is 771. The summed E-state index contributed by atoms with van der Waals surface area (Å²) in [5.74, 6) is 1.94. The van der Waals surface area contributed by atoms with Crippen LogP contribution in [0.2, 0.25) is 0 Å². The number of ether oxygens (including phenoxy) is 2. The van der Waals surface area contributed by atoms with E-state index in [1.165, 1.54) is 0 Å². The van der Waals surface area contributed by atoms with E-state index in [-0.39, 0.29) is 12.1 Å². The number of hydrogen-bond acceptors (Lipinski definition) is 7. The second-order valence-corrected chi connectivity index (χ2v) is 6.84. The Morgan fingerprint density at radius 2 is 2.30 bits per heavy atom. The van der Waals surface area contributed by atoms with Crippen molar-refractivity contribution in [3.8, 4) is 0 Å². The van der Waals surface area contributed by atoms with Gasteiger partial charge < -0.3 is 18.9 Å². The number of urea groups is 1. The Labute approximate surface area is 157 Å². The van der Waals surface area contributed by atoms with Crippen LogP contribution >= 0.6 is 0 Å². The lowest BCUT2D eigenvalue weighted by Crippen LogP contribution is -2.48. The molecular weight excluding hydrogens is 352 g/mol. The van der Waals surface area contributed by atoms with E-state index in [0.29, 0.717) is 56.2 Å². The predicted octanol–water partition coefficient (Wildman–Crippen LogP) is 1.55. The summed E-state index contributed by atoms with van der Waals surface area (Å²) >= 11 is 0. The van der Waals surface area contributed by atoms with E-state index in [2.05, 4.69) is 34.4 Å². The topological polar surface area (TPSA) is 108 Å². The van der Waals surface area contributed by atoms with E-state index in [9.17, 15) is 4.79 Å². The van der Waals surface area contributed by atoms with Gasteiger partial charge in [-0.1, -0.05) is 19.0 Å². The fourth-order valence-corrected chi connectivity index (χ4v) is 2.86. The fourth-order valence-electron chi connectivity index (χ4n) is 2.86. The van der Waals surface area contributed by atoms with Gasteiger partial charge in [0.15, 0.2) is 5.82 Å². The molecule has 0 aromatic carbocycles. The summed E-state index contributed by atoms with van der Waals surface area (Å²) in [6.45, 7) is 5.86. The number of morpholine rings is 1. The van der Waals surface area contributed by atoms with Crippen molar-refractivity contribution in [2.75, 3.05) is 32.1 Å². The smallest absolute Gasteiger partial charge is 0.323 e. The number of carbonyl (C=O) groups excluding carboxylic acids is 1. The molecule has 1 saturated heterocycles. The molecule has 3 heterocycles. The van der Waals surface area contributed by atoms with Gasteiger partial charge in [-0.05, 0) is 5.92 Å².